The predicted molar refractivity (Wildman–Crippen MR) is 74.4 cm³/mol. The fraction of sp³-hybridized carbons (Fsp3) is 0.909. The van der Waals surface area contributed by atoms with Crippen LogP contribution in [0.3, 0.4) is 0 Å². The van der Waals surface area contributed by atoms with Gasteiger partial charge < -0.3 is 0 Å². The molecule has 0 aromatic heterocycles. The zero-order valence-corrected chi connectivity index (χ0v) is 14.6. The molecule has 2 unspecified atom stereocenters. The van der Waals surface area contributed by atoms with Crippen LogP contribution < -0.4 is 0 Å². The molecule has 0 aromatic carbocycles. The molecule has 0 bridgehead atoms. The van der Waals surface area contributed by atoms with Crippen molar-refractivity contribution >= 4 is 25.8 Å². The molecule has 15 heteroatoms. The number of alkyl halides is 6. The second-order valence-corrected chi connectivity index (χ2v) is 9.71. The Labute approximate surface area is 145 Å². The van der Waals surface area contributed by atoms with Crippen LogP contribution in [0.15, 0.2) is 0 Å². The van der Waals surface area contributed by atoms with E-state index < -0.39 is 62.0 Å². The van der Waals surface area contributed by atoms with Gasteiger partial charge in [-0.3, -0.25) is 4.79 Å². The van der Waals surface area contributed by atoms with Crippen molar-refractivity contribution in [1.29, 1.82) is 0 Å². The zero-order valence-electron chi connectivity index (χ0n) is 12.9. The summed E-state index contributed by atoms with van der Waals surface area (Å²) in [5.74, 6) is -1.37. The molecule has 1 aliphatic carbocycles. The van der Waals surface area contributed by atoms with E-state index in [2.05, 4.69) is 0 Å². The average molecular weight is 432 g/mol. The van der Waals surface area contributed by atoms with Gasteiger partial charge >= 0.3 is 31.1 Å². The molecule has 1 heterocycles. The van der Waals surface area contributed by atoms with Gasteiger partial charge in [-0.15, -0.1) is 0 Å². The quantitative estimate of drug-likeness (QED) is 0.612. The number of nitrogens with zero attached hydrogens (tertiary/aromatic N) is 2. The van der Waals surface area contributed by atoms with E-state index >= 15 is 0 Å². The molecule has 0 N–H and O–H groups in total. The molecule has 1 saturated heterocycles. The number of Topliss-reactive ketones (excluding diaryl/α,β-unsaturated/α-hetero) is 1. The van der Waals surface area contributed by atoms with Gasteiger partial charge in [0.1, 0.15) is 0 Å². The molecule has 0 aromatic rings. The molecule has 0 radical (unpaired) electrons. The Bertz CT molecular complexity index is 712. The lowest BCUT2D eigenvalue weighted by Crippen LogP contribution is -2.57. The highest BCUT2D eigenvalue weighted by molar-refractivity contribution is 7.90. The first-order valence-corrected chi connectivity index (χ1v) is 10.2. The van der Waals surface area contributed by atoms with Crippen LogP contribution in [0.2, 0.25) is 0 Å². The Morgan fingerprint density at radius 1 is 0.731 bits per heavy atom. The molecule has 7 nitrogen and oxygen atoms in total. The van der Waals surface area contributed by atoms with Crippen LogP contribution in [0.1, 0.15) is 25.7 Å². The van der Waals surface area contributed by atoms with Crippen molar-refractivity contribution in [3.05, 3.63) is 0 Å². The van der Waals surface area contributed by atoms with E-state index in [0.29, 0.717) is 0 Å². The maximum absolute atomic E-state index is 12.9. The summed E-state index contributed by atoms with van der Waals surface area (Å²) in [4.78, 5) is 11.8. The first-order chi connectivity index (χ1) is 11.6. The molecule has 26 heavy (non-hydrogen) atoms. The SMILES string of the molecule is O=C1CN(S(=O)(=O)C(F)(F)F)C2CCCCC2N(S(=O)(=O)C(F)(F)F)C1. The van der Waals surface area contributed by atoms with Crippen LogP contribution >= 0.6 is 0 Å². The molecule has 152 valence electrons. The Balaban J connectivity index is 2.57. The molecule has 2 fully saturated rings. The van der Waals surface area contributed by atoms with E-state index in [0.717, 1.165) is 0 Å². The summed E-state index contributed by atoms with van der Waals surface area (Å²) in [6.07, 6.45) is -0.230. The number of fused-ring (bicyclic) bond motifs is 1. The van der Waals surface area contributed by atoms with E-state index in [9.17, 15) is 48.0 Å². The summed E-state index contributed by atoms with van der Waals surface area (Å²) < 4.78 is 124. The first-order valence-electron chi connectivity index (χ1n) is 7.28. The molecular weight excluding hydrogens is 418 g/mol. The van der Waals surface area contributed by atoms with Gasteiger partial charge in [0.15, 0.2) is 5.78 Å². The topological polar surface area (TPSA) is 91.8 Å². The van der Waals surface area contributed by atoms with Gasteiger partial charge in [0.25, 0.3) is 0 Å². The first kappa shape index (κ1) is 21.4. The van der Waals surface area contributed by atoms with E-state index in [1.165, 1.54) is 0 Å². The van der Waals surface area contributed by atoms with Gasteiger partial charge in [0.2, 0.25) is 0 Å². The molecule has 2 rings (SSSR count). The molecular formula is C11H14F6N2O5S2. The predicted octanol–water partition coefficient (Wildman–Crippen LogP) is 1.18. The summed E-state index contributed by atoms with van der Waals surface area (Å²) in [6.45, 7) is -2.68. The van der Waals surface area contributed by atoms with Crippen LogP contribution in [0, 0.1) is 0 Å². The van der Waals surface area contributed by atoms with Crippen molar-refractivity contribution in [1.82, 2.24) is 8.61 Å². The van der Waals surface area contributed by atoms with Crippen molar-refractivity contribution in [3.8, 4) is 0 Å². The Morgan fingerprint density at radius 2 is 1.04 bits per heavy atom. The normalized spacial score (nSPS) is 27.8. The van der Waals surface area contributed by atoms with Crippen LogP contribution in [0.25, 0.3) is 0 Å². The third-order valence-corrected chi connectivity index (χ3v) is 7.51. The Morgan fingerprint density at radius 3 is 1.31 bits per heavy atom. The summed E-state index contributed by atoms with van der Waals surface area (Å²) in [5, 5.41) is 0. The number of sulfonamides is 2. The third kappa shape index (κ3) is 3.57. The van der Waals surface area contributed by atoms with E-state index in [4.69, 9.17) is 0 Å². The minimum Gasteiger partial charge on any atom is -0.297 e. The Hall–Kier alpha value is -0.930. The highest BCUT2D eigenvalue weighted by atomic mass is 32.2. The lowest BCUT2D eigenvalue weighted by molar-refractivity contribution is -0.119. The van der Waals surface area contributed by atoms with Crippen LogP contribution in [0.4, 0.5) is 26.3 Å². The van der Waals surface area contributed by atoms with E-state index in [1.54, 1.807) is 0 Å². The van der Waals surface area contributed by atoms with Crippen LogP contribution in [-0.4, -0.2) is 67.4 Å². The number of ketones is 1. The highest BCUT2D eigenvalue weighted by Crippen LogP contribution is 2.39. The molecule has 0 spiro atoms. The maximum Gasteiger partial charge on any atom is 0.511 e. The lowest BCUT2D eigenvalue weighted by atomic mass is 9.90. The standard InChI is InChI=1S/C11H14F6N2O5S2/c12-10(13,14)25(21,22)18-5-7(20)6-19(26(23,24)11(15,16)17)9-4-2-1-3-8(9)18/h8-9H,1-6H2. The fourth-order valence-corrected chi connectivity index (χ4v) is 5.55. The molecule has 1 saturated carbocycles. The molecule has 2 aliphatic rings. The van der Waals surface area contributed by atoms with E-state index in [-0.39, 0.29) is 34.3 Å². The van der Waals surface area contributed by atoms with E-state index in [1.807, 2.05) is 0 Å². The lowest BCUT2D eigenvalue weighted by Gasteiger charge is -2.40. The molecule has 0 amide bonds. The van der Waals surface area contributed by atoms with Gasteiger partial charge in [0.05, 0.1) is 13.1 Å². The minimum atomic E-state index is -6.02. The number of carbonyl (C=O) groups is 1. The van der Waals surface area contributed by atoms with Gasteiger partial charge in [0, 0.05) is 12.1 Å². The number of carbonyl (C=O) groups excluding carboxylic acids is 1. The Kier molecular flexibility index (Phi) is 5.42. The summed E-state index contributed by atoms with van der Waals surface area (Å²) >= 11 is 0. The number of hydrogen-bond acceptors (Lipinski definition) is 5. The van der Waals surface area contributed by atoms with Gasteiger partial charge in [-0.05, 0) is 12.8 Å². The molecule has 2 atom stereocenters. The van der Waals surface area contributed by atoms with Crippen molar-refractivity contribution in [2.45, 2.75) is 48.8 Å². The monoisotopic (exact) mass is 432 g/mol. The number of hydrogen-bond donors (Lipinski definition) is 0. The smallest absolute Gasteiger partial charge is 0.297 e. The molecule has 1 aliphatic heterocycles. The van der Waals surface area contributed by atoms with Gasteiger partial charge in [-0.25, -0.2) is 16.8 Å². The maximum atomic E-state index is 12.9. The number of halogens is 6. The van der Waals surface area contributed by atoms with Crippen LogP contribution in [0.5, 0.6) is 0 Å². The second kappa shape index (κ2) is 6.60. The van der Waals surface area contributed by atoms with Gasteiger partial charge in [-0.2, -0.15) is 35.0 Å². The third-order valence-electron chi connectivity index (χ3n) is 4.30. The summed E-state index contributed by atoms with van der Waals surface area (Å²) in [5.41, 5.74) is -11.5. The zero-order chi connectivity index (χ0) is 20.1. The number of rotatable bonds is 2. The van der Waals surface area contributed by atoms with Crippen molar-refractivity contribution in [2.75, 3.05) is 13.1 Å². The second-order valence-electron chi connectivity index (χ2n) is 5.95. The highest BCUT2D eigenvalue weighted by Gasteiger charge is 2.59. The van der Waals surface area contributed by atoms with Crippen LogP contribution in [-0.2, 0) is 24.8 Å². The summed E-state index contributed by atoms with van der Waals surface area (Å²) in [7, 11) is -12.0. The average Bonchev–Trinajstić information content (AvgIpc) is 2.62. The van der Waals surface area contributed by atoms with Crippen molar-refractivity contribution in [3.63, 3.8) is 0 Å². The fourth-order valence-electron chi connectivity index (χ4n) is 3.19. The minimum absolute atomic E-state index is 0.180. The van der Waals surface area contributed by atoms with Crippen molar-refractivity contribution in [2.24, 2.45) is 0 Å². The van der Waals surface area contributed by atoms with Gasteiger partial charge in [-0.1, -0.05) is 12.8 Å². The summed E-state index contributed by atoms with van der Waals surface area (Å²) in [6, 6.07) is -3.42. The van der Waals surface area contributed by atoms with Crippen molar-refractivity contribution < 1.29 is 48.0 Å². The largest absolute Gasteiger partial charge is 0.511 e.